The smallest absolute Gasteiger partial charge is 0.228 e. The van der Waals surface area contributed by atoms with E-state index in [4.69, 9.17) is 5.73 Å². The molecule has 0 fully saturated rings. The van der Waals surface area contributed by atoms with Gasteiger partial charge >= 0.3 is 0 Å². The number of para-hydroxylation sites is 1. The summed E-state index contributed by atoms with van der Waals surface area (Å²) in [5.74, 6) is -0.0551. The third-order valence-electron chi connectivity index (χ3n) is 3.46. The van der Waals surface area contributed by atoms with Gasteiger partial charge in [-0.15, -0.1) is 0 Å². The highest BCUT2D eigenvalue weighted by Gasteiger charge is 2.08. The summed E-state index contributed by atoms with van der Waals surface area (Å²) in [6.45, 7) is 1.92. The molecule has 3 rings (SSSR count). The van der Waals surface area contributed by atoms with Gasteiger partial charge in [0.15, 0.2) is 0 Å². The van der Waals surface area contributed by atoms with Crippen molar-refractivity contribution in [3.8, 4) is 0 Å². The minimum Gasteiger partial charge on any atom is -0.399 e. The predicted octanol–water partition coefficient (Wildman–Crippen LogP) is 3.31. The van der Waals surface area contributed by atoms with Crippen molar-refractivity contribution in [1.82, 2.24) is 4.98 Å². The van der Waals surface area contributed by atoms with Crippen LogP contribution < -0.4 is 11.1 Å². The second-order valence-corrected chi connectivity index (χ2v) is 5.29. The summed E-state index contributed by atoms with van der Waals surface area (Å²) < 4.78 is 0. The Labute approximate surface area is 129 Å². The van der Waals surface area contributed by atoms with Crippen LogP contribution in [0.1, 0.15) is 11.3 Å². The van der Waals surface area contributed by atoms with E-state index in [-0.39, 0.29) is 5.91 Å². The highest BCUT2D eigenvalue weighted by atomic mass is 16.1. The summed E-state index contributed by atoms with van der Waals surface area (Å²) in [5.41, 5.74) is 9.83. The second kappa shape index (κ2) is 5.85. The van der Waals surface area contributed by atoms with Crippen molar-refractivity contribution in [3.63, 3.8) is 0 Å². The van der Waals surface area contributed by atoms with Crippen LogP contribution in [0.5, 0.6) is 0 Å². The van der Waals surface area contributed by atoms with Crippen LogP contribution in [0.25, 0.3) is 10.9 Å². The number of carbonyl (C=O) groups excluding carboxylic acids is 1. The second-order valence-electron chi connectivity index (χ2n) is 5.29. The van der Waals surface area contributed by atoms with Crippen LogP contribution in [-0.2, 0) is 11.2 Å². The number of rotatable bonds is 3. The molecular weight excluding hydrogens is 274 g/mol. The zero-order valence-electron chi connectivity index (χ0n) is 12.3. The number of nitrogens with two attached hydrogens (primary N) is 1. The van der Waals surface area contributed by atoms with Gasteiger partial charge in [-0.25, -0.2) is 0 Å². The number of aryl methyl sites for hydroxylation is 1. The summed E-state index contributed by atoms with van der Waals surface area (Å²) in [7, 11) is 0. The quantitative estimate of drug-likeness (QED) is 0.727. The van der Waals surface area contributed by atoms with Crippen LogP contribution in [0, 0.1) is 6.92 Å². The molecule has 1 aromatic heterocycles. The van der Waals surface area contributed by atoms with E-state index >= 15 is 0 Å². The predicted molar refractivity (Wildman–Crippen MR) is 89.7 cm³/mol. The molecule has 0 unspecified atom stereocenters. The van der Waals surface area contributed by atoms with E-state index in [0.29, 0.717) is 12.1 Å². The van der Waals surface area contributed by atoms with Crippen LogP contribution in [0.2, 0.25) is 0 Å². The molecule has 3 N–H and O–H groups in total. The van der Waals surface area contributed by atoms with Gasteiger partial charge in [0, 0.05) is 16.8 Å². The summed E-state index contributed by atoms with van der Waals surface area (Å²) in [6.07, 6.45) is 0.315. The lowest BCUT2D eigenvalue weighted by molar-refractivity contribution is -0.115. The number of hydrogen-bond donors (Lipinski definition) is 2. The molecule has 110 valence electrons. The molecule has 2 aromatic carbocycles. The number of anilines is 2. The first-order valence-electron chi connectivity index (χ1n) is 7.12. The highest BCUT2D eigenvalue weighted by molar-refractivity contribution is 6.01. The van der Waals surface area contributed by atoms with Crippen molar-refractivity contribution in [3.05, 3.63) is 65.9 Å². The molecule has 22 heavy (non-hydrogen) atoms. The number of hydrogen-bond acceptors (Lipinski definition) is 3. The first-order chi connectivity index (χ1) is 10.6. The number of aromatic nitrogens is 1. The van der Waals surface area contributed by atoms with E-state index in [1.165, 1.54) is 0 Å². The molecule has 4 heteroatoms. The van der Waals surface area contributed by atoms with Gasteiger partial charge in [0.1, 0.15) is 0 Å². The Hall–Kier alpha value is -2.88. The van der Waals surface area contributed by atoms with Crippen molar-refractivity contribution in [2.45, 2.75) is 13.3 Å². The fourth-order valence-corrected chi connectivity index (χ4v) is 2.43. The Morgan fingerprint density at radius 2 is 1.86 bits per heavy atom. The van der Waals surface area contributed by atoms with E-state index in [1.807, 2.05) is 49.4 Å². The summed E-state index contributed by atoms with van der Waals surface area (Å²) in [6, 6.07) is 17.0. The molecule has 3 aromatic rings. The van der Waals surface area contributed by atoms with Crippen LogP contribution in [0.4, 0.5) is 11.4 Å². The van der Waals surface area contributed by atoms with E-state index in [9.17, 15) is 4.79 Å². The van der Waals surface area contributed by atoms with E-state index in [0.717, 1.165) is 27.8 Å². The average Bonchev–Trinajstić information content (AvgIpc) is 2.49. The highest BCUT2D eigenvalue weighted by Crippen LogP contribution is 2.23. The minimum atomic E-state index is -0.0551. The molecule has 0 atom stereocenters. The van der Waals surface area contributed by atoms with Crippen LogP contribution in [0.3, 0.4) is 0 Å². The van der Waals surface area contributed by atoms with Gasteiger partial charge in [-0.05, 0) is 36.8 Å². The number of benzene rings is 2. The van der Waals surface area contributed by atoms with Crippen LogP contribution in [0.15, 0.2) is 54.6 Å². The van der Waals surface area contributed by atoms with Crippen molar-refractivity contribution in [2.24, 2.45) is 0 Å². The number of nitrogens with zero attached hydrogens (tertiary/aromatic N) is 1. The standard InChI is InChI=1S/C18H17N3O/c1-12-10-17(15-4-2-3-5-16(15)20-12)21-18(22)11-13-6-8-14(19)9-7-13/h2-10H,11,19H2,1H3,(H,20,21,22). The topological polar surface area (TPSA) is 68.0 Å². The van der Waals surface area contributed by atoms with Crippen molar-refractivity contribution < 1.29 is 4.79 Å². The molecule has 1 amide bonds. The number of nitrogens with one attached hydrogen (secondary N) is 1. The first-order valence-corrected chi connectivity index (χ1v) is 7.12. The SMILES string of the molecule is Cc1cc(NC(=O)Cc2ccc(N)cc2)c2ccccc2n1. The largest absolute Gasteiger partial charge is 0.399 e. The van der Waals surface area contributed by atoms with E-state index in [1.54, 1.807) is 12.1 Å². The van der Waals surface area contributed by atoms with Crippen molar-refractivity contribution >= 4 is 28.2 Å². The van der Waals surface area contributed by atoms with Gasteiger partial charge in [0.2, 0.25) is 5.91 Å². The average molecular weight is 291 g/mol. The fraction of sp³-hybridized carbons (Fsp3) is 0.111. The van der Waals surface area contributed by atoms with E-state index < -0.39 is 0 Å². The van der Waals surface area contributed by atoms with E-state index in [2.05, 4.69) is 10.3 Å². The molecule has 0 saturated carbocycles. The van der Waals surface area contributed by atoms with Crippen LogP contribution >= 0.6 is 0 Å². The third-order valence-corrected chi connectivity index (χ3v) is 3.46. The fourth-order valence-electron chi connectivity index (χ4n) is 2.43. The summed E-state index contributed by atoms with van der Waals surface area (Å²) in [4.78, 5) is 16.7. The Morgan fingerprint density at radius 1 is 1.14 bits per heavy atom. The van der Waals surface area contributed by atoms with Gasteiger partial charge in [-0.2, -0.15) is 0 Å². The maximum atomic E-state index is 12.3. The normalized spacial score (nSPS) is 10.6. The number of amides is 1. The molecule has 0 aliphatic carbocycles. The number of carbonyl (C=O) groups is 1. The lowest BCUT2D eigenvalue weighted by Crippen LogP contribution is -2.15. The summed E-state index contributed by atoms with van der Waals surface area (Å²) >= 11 is 0. The van der Waals surface area contributed by atoms with Gasteiger partial charge in [0.05, 0.1) is 17.6 Å². The lowest BCUT2D eigenvalue weighted by Gasteiger charge is -2.10. The molecule has 4 nitrogen and oxygen atoms in total. The third kappa shape index (κ3) is 3.06. The molecule has 0 saturated heterocycles. The Kier molecular flexibility index (Phi) is 3.74. The van der Waals surface area contributed by atoms with Crippen molar-refractivity contribution in [1.29, 1.82) is 0 Å². The molecule has 0 aliphatic rings. The van der Waals surface area contributed by atoms with Gasteiger partial charge in [0.25, 0.3) is 0 Å². The van der Waals surface area contributed by atoms with Gasteiger partial charge in [-0.3, -0.25) is 9.78 Å². The van der Waals surface area contributed by atoms with Crippen molar-refractivity contribution in [2.75, 3.05) is 11.1 Å². The summed E-state index contributed by atoms with van der Waals surface area (Å²) in [5, 5.41) is 3.92. The Balaban J connectivity index is 1.83. The molecule has 0 bridgehead atoms. The number of nitrogen functional groups attached to an aromatic ring is 1. The monoisotopic (exact) mass is 291 g/mol. The Bertz CT molecular complexity index is 825. The maximum absolute atomic E-state index is 12.3. The molecule has 0 radical (unpaired) electrons. The maximum Gasteiger partial charge on any atom is 0.228 e. The van der Waals surface area contributed by atoms with Gasteiger partial charge < -0.3 is 11.1 Å². The molecule has 0 aliphatic heterocycles. The number of pyridine rings is 1. The number of fused-ring (bicyclic) bond motifs is 1. The minimum absolute atomic E-state index is 0.0551. The zero-order chi connectivity index (χ0) is 15.5. The Morgan fingerprint density at radius 3 is 2.64 bits per heavy atom. The lowest BCUT2D eigenvalue weighted by atomic mass is 10.1. The van der Waals surface area contributed by atoms with Gasteiger partial charge in [-0.1, -0.05) is 30.3 Å². The molecule has 0 spiro atoms. The molecule has 1 heterocycles. The van der Waals surface area contributed by atoms with Crippen LogP contribution in [-0.4, -0.2) is 10.9 Å². The molecular formula is C18H17N3O. The first kappa shape index (κ1) is 14.1. The zero-order valence-corrected chi connectivity index (χ0v) is 12.3.